The molecule has 0 bridgehead atoms. The van der Waals surface area contributed by atoms with Crippen LogP contribution in [0, 0.1) is 0 Å². The van der Waals surface area contributed by atoms with E-state index in [-0.39, 0.29) is 44.7 Å². The number of hydrogen-bond donors (Lipinski definition) is 0. The molecule has 0 amide bonds. The standard InChI is InChI=1S/C5H5.3H2N.Zr/c1-2-4-5-3-1;;;;/h1-5H;3*1H2;/q4*-1;+4. The molecule has 0 aliphatic heterocycles. The fraction of sp³-hybridized carbons (Fsp3) is 0. The second kappa shape index (κ2) is 15.7. The van der Waals surface area contributed by atoms with Gasteiger partial charge in [0.15, 0.2) is 0 Å². The first-order chi connectivity index (χ1) is 2.50. The quantitative estimate of drug-likeness (QED) is 0.577. The third kappa shape index (κ3) is 11.6. The summed E-state index contributed by atoms with van der Waals surface area (Å²) < 4.78 is 0. The van der Waals surface area contributed by atoms with Gasteiger partial charge in [-0.2, -0.15) is 18.2 Å². The third-order valence-electron chi connectivity index (χ3n) is 0.556. The van der Waals surface area contributed by atoms with Crippen LogP contribution in [0.4, 0.5) is 0 Å². The molecule has 4 heteroatoms. The van der Waals surface area contributed by atoms with Gasteiger partial charge in [-0.15, -0.1) is 0 Å². The Morgan fingerprint density at radius 1 is 0.778 bits per heavy atom. The zero-order valence-corrected chi connectivity index (χ0v) is 7.58. The van der Waals surface area contributed by atoms with Crippen molar-refractivity contribution in [2.24, 2.45) is 0 Å². The minimum atomic E-state index is 0. The fourth-order valence-corrected chi connectivity index (χ4v) is 0.321. The smallest absolute Gasteiger partial charge is 0.693 e. The van der Waals surface area contributed by atoms with Gasteiger partial charge in [0.25, 0.3) is 0 Å². The summed E-state index contributed by atoms with van der Waals surface area (Å²) in [5, 5.41) is 0. The van der Waals surface area contributed by atoms with Crippen molar-refractivity contribution in [3.05, 3.63) is 48.8 Å². The van der Waals surface area contributed by atoms with Crippen LogP contribution in [0.2, 0.25) is 0 Å². The molecule has 0 saturated carbocycles. The summed E-state index contributed by atoms with van der Waals surface area (Å²) in [6.45, 7) is 0. The summed E-state index contributed by atoms with van der Waals surface area (Å²) in [5.74, 6) is 0. The first kappa shape index (κ1) is 22.9. The maximum Gasteiger partial charge on any atom is 4.00 e. The Labute approximate surface area is 75.1 Å². The van der Waals surface area contributed by atoms with Crippen LogP contribution in [0.3, 0.4) is 0 Å². The first-order valence-corrected chi connectivity index (χ1v) is 1.67. The molecule has 0 unspecified atom stereocenters. The van der Waals surface area contributed by atoms with E-state index >= 15 is 0 Å². The van der Waals surface area contributed by atoms with E-state index in [1.165, 1.54) is 0 Å². The molecular weight excluding hydrogens is 193 g/mol. The maximum absolute atomic E-state index is 2.00. The molecule has 1 aromatic carbocycles. The van der Waals surface area contributed by atoms with Crippen molar-refractivity contribution in [1.82, 2.24) is 0 Å². The van der Waals surface area contributed by atoms with E-state index in [4.69, 9.17) is 0 Å². The zero-order valence-electron chi connectivity index (χ0n) is 5.12. The largest absolute Gasteiger partial charge is 4.00 e. The van der Waals surface area contributed by atoms with E-state index in [1.54, 1.807) is 0 Å². The predicted molar refractivity (Wildman–Crippen MR) is 37.9 cm³/mol. The van der Waals surface area contributed by atoms with Crippen LogP contribution >= 0.6 is 0 Å². The normalized spacial score (nSPS) is 4.44. The van der Waals surface area contributed by atoms with Crippen LogP contribution in [0.15, 0.2) is 30.3 Å². The number of hydrogen-bond acceptors (Lipinski definition) is 0. The molecule has 0 saturated heterocycles. The summed E-state index contributed by atoms with van der Waals surface area (Å²) >= 11 is 0. The molecule has 50 valence electrons. The van der Waals surface area contributed by atoms with E-state index < -0.39 is 0 Å². The van der Waals surface area contributed by atoms with Gasteiger partial charge in [-0.1, -0.05) is 0 Å². The van der Waals surface area contributed by atoms with Gasteiger partial charge in [0.05, 0.1) is 0 Å². The first-order valence-electron chi connectivity index (χ1n) is 1.67. The molecule has 0 heterocycles. The van der Waals surface area contributed by atoms with Gasteiger partial charge < -0.3 is 18.5 Å². The Kier molecular flexibility index (Phi) is 40.0. The Bertz CT molecular complexity index is 68.7. The van der Waals surface area contributed by atoms with Crippen LogP contribution in [0.25, 0.3) is 18.5 Å². The molecule has 0 aliphatic carbocycles. The summed E-state index contributed by atoms with van der Waals surface area (Å²) in [7, 11) is 0. The SMILES string of the molecule is [NH2-].[NH2-].[NH2-].[Zr+4].c1cc[cH-]c1. The Morgan fingerprint density at radius 3 is 1.22 bits per heavy atom. The molecular formula is C5H11N3Zr. The predicted octanol–water partition coefficient (Wildman–Crippen LogP) is 3.55. The molecule has 0 atom stereocenters. The second-order valence-corrected chi connectivity index (χ2v) is 0.962. The molecule has 9 heavy (non-hydrogen) atoms. The fourth-order valence-electron chi connectivity index (χ4n) is 0.321. The van der Waals surface area contributed by atoms with Gasteiger partial charge in [-0.3, -0.25) is 0 Å². The van der Waals surface area contributed by atoms with Gasteiger partial charge in [0.2, 0.25) is 0 Å². The average Bonchev–Trinajstić information content (AvgIpc) is 1.76. The molecule has 1 rings (SSSR count). The van der Waals surface area contributed by atoms with Gasteiger partial charge in [0.1, 0.15) is 0 Å². The molecule has 0 spiro atoms. The van der Waals surface area contributed by atoms with Crippen molar-refractivity contribution >= 4 is 0 Å². The zero-order chi connectivity index (χ0) is 3.54. The van der Waals surface area contributed by atoms with E-state index in [0.717, 1.165) is 0 Å². The van der Waals surface area contributed by atoms with Gasteiger partial charge in [0, 0.05) is 0 Å². The average molecular weight is 204 g/mol. The summed E-state index contributed by atoms with van der Waals surface area (Å²) in [5.41, 5.74) is 0. The van der Waals surface area contributed by atoms with Crippen molar-refractivity contribution < 1.29 is 26.2 Å². The van der Waals surface area contributed by atoms with Crippen molar-refractivity contribution in [2.45, 2.75) is 0 Å². The van der Waals surface area contributed by atoms with Crippen LogP contribution in [-0.2, 0) is 26.2 Å². The van der Waals surface area contributed by atoms with Crippen molar-refractivity contribution in [1.29, 1.82) is 0 Å². The van der Waals surface area contributed by atoms with E-state index in [9.17, 15) is 0 Å². The van der Waals surface area contributed by atoms with Crippen LogP contribution < -0.4 is 0 Å². The second-order valence-electron chi connectivity index (χ2n) is 0.962. The molecule has 3 nitrogen and oxygen atoms in total. The van der Waals surface area contributed by atoms with Crippen LogP contribution in [-0.4, -0.2) is 0 Å². The Balaban J connectivity index is -0.0000000312. The minimum Gasteiger partial charge on any atom is -0.693 e. The summed E-state index contributed by atoms with van der Waals surface area (Å²) in [6, 6.07) is 10.0. The number of nitrogens with two attached hydrogens (primary N) is 3. The van der Waals surface area contributed by atoms with Gasteiger partial charge >= 0.3 is 26.2 Å². The Morgan fingerprint density at radius 2 is 1.11 bits per heavy atom. The van der Waals surface area contributed by atoms with Crippen molar-refractivity contribution in [2.75, 3.05) is 0 Å². The monoisotopic (exact) mass is 203 g/mol. The van der Waals surface area contributed by atoms with Crippen molar-refractivity contribution in [3.8, 4) is 0 Å². The molecule has 0 aliphatic rings. The third-order valence-corrected chi connectivity index (χ3v) is 0.556. The Hall–Kier alpha value is 0.113. The minimum absolute atomic E-state index is 0. The molecule has 0 fully saturated rings. The van der Waals surface area contributed by atoms with E-state index in [1.807, 2.05) is 30.3 Å². The van der Waals surface area contributed by atoms with Crippen LogP contribution in [0.5, 0.6) is 0 Å². The summed E-state index contributed by atoms with van der Waals surface area (Å²) in [6.07, 6.45) is 0. The van der Waals surface area contributed by atoms with Crippen LogP contribution in [0.1, 0.15) is 0 Å². The molecule has 0 radical (unpaired) electrons. The maximum atomic E-state index is 2.00. The van der Waals surface area contributed by atoms with Gasteiger partial charge in [-0.25, -0.2) is 12.1 Å². The molecule has 0 aromatic heterocycles. The summed E-state index contributed by atoms with van der Waals surface area (Å²) in [4.78, 5) is 0. The molecule has 6 N–H and O–H groups in total. The topological polar surface area (TPSA) is 100 Å². The van der Waals surface area contributed by atoms with E-state index in [2.05, 4.69) is 0 Å². The van der Waals surface area contributed by atoms with Gasteiger partial charge in [-0.05, 0) is 0 Å². The van der Waals surface area contributed by atoms with E-state index in [0.29, 0.717) is 0 Å². The molecule has 1 aromatic rings. The number of rotatable bonds is 0. The van der Waals surface area contributed by atoms with Crippen molar-refractivity contribution in [3.63, 3.8) is 0 Å².